The molecule has 17 heavy (non-hydrogen) atoms. The van der Waals surface area contributed by atoms with Crippen molar-refractivity contribution in [3.63, 3.8) is 0 Å². The molecule has 0 bridgehead atoms. The fraction of sp³-hybridized carbons (Fsp3) is 0.462. The molecule has 0 spiro atoms. The number of aryl methyl sites for hydroxylation is 1. The van der Waals surface area contributed by atoms with E-state index in [4.69, 9.17) is 23.2 Å². The Labute approximate surface area is 112 Å². The van der Waals surface area contributed by atoms with E-state index in [2.05, 4.69) is 5.32 Å². The average Bonchev–Trinajstić information content (AvgIpc) is 2.28. The van der Waals surface area contributed by atoms with Gasteiger partial charge < -0.3 is 5.32 Å². The second kappa shape index (κ2) is 6.87. The number of benzene rings is 1. The molecule has 0 heterocycles. The zero-order valence-corrected chi connectivity index (χ0v) is 11.6. The summed E-state index contributed by atoms with van der Waals surface area (Å²) in [5.41, 5.74) is 1.55. The Bertz CT molecular complexity index is 393. The quantitative estimate of drug-likeness (QED) is 0.813. The predicted octanol–water partition coefficient (Wildman–Crippen LogP) is 3.79. The number of alkyl halides is 1. The maximum absolute atomic E-state index is 11.8. The van der Waals surface area contributed by atoms with Crippen molar-refractivity contribution in [1.29, 1.82) is 0 Å². The molecule has 1 aromatic rings. The highest BCUT2D eigenvalue weighted by Gasteiger charge is 2.10. The lowest BCUT2D eigenvalue weighted by molar-refractivity contribution is 0.0953. The molecule has 0 fully saturated rings. The van der Waals surface area contributed by atoms with E-state index in [1.165, 1.54) is 0 Å². The SMILES string of the molecule is CCC(Cl)CCNC(=O)c1ccc(C)cc1Cl. The van der Waals surface area contributed by atoms with Gasteiger partial charge in [0.05, 0.1) is 10.6 Å². The first-order valence-corrected chi connectivity index (χ1v) is 6.54. The first-order valence-electron chi connectivity index (χ1n) is 5.73. The van der Waals surface area contributed by atoms with Crippen molar-refractivity contribution in [1.82, 2.24) is 5.32 Å². The summed E-state index contributed by atoms with van der Waals surface area (Å²) in [5.74, 6) is -0.144. The highest BCUT2D eigenvalue weighted by molar-refractivity contribution is 6.33. The summed E-state index contributed by atoms with van der Waals surface area (Å²) < 4.78 is 0. The third kappa shape index (κ3) is 4.57. The van der Waals surface area contributed by atoms with Crippen LogP contribution in [0.3, 0.4) is 0 Å². The van der Waals surface area contributed by atoms with Crippen LogP contribution < -0.4 is 5.32 Å². The van der Waals surface area contributed by atoms with Crippen LogP contribution in [-0.2, 0) is 0 Å². The molecular weight excluding hydrogens is 257 g/mol. The molecule has 0 saturated heterocycles. The average molecular weight is 274 g/mol. The third-order valence-electron chi connectivity index (χ3n) is 2.56. The molecule has 1 atom stereocenters. The summed E-state index contributed by atoms with van der Waals surface area (Å²) in [6, 6.07) is 5.40. The lowest BCUT2D eigenvalue weighted by atomic mass is 10.1. The van der Waals surface area contributed by atoms with Crippen molar-refractivity contribution in [2.75, 3.05) is 6.54 Å². The number of amides is 1. The zero-order valence-electron chi connectivity index (χ0n) is 10.1. The van der Waals surface area contributed by atoms with Gasteiger partial charge >= 0.3 is 0 Å². The van der Waals surface area contributed by atoms with E-state index < -0.39 is 0 Å². The van der Waals surface area contributed by atoms with Gasteiger partial charge in [-0.15, -0.1) is 11.6 Å². The maximum Gasteiger partial charge on any atom is 0.252 e. The van der Waals surface area contributed by atoms with E-state index in [-0.39, 0.29) is 11.3 Å². The van der Waals surface area contributed by atoms with Gasteiger partial charge in [0.25, 0.3) is 5.91 Å². The Morgan fingerprint density at radius 3 is 2.76 bits per heavy atom. The number of hydrogen-bond donors (Lipinski definition) is 1. The fourth-order valence-electron chi connectivity index (χ4n) is 1.45. The Morgan fingerprint density at radius 2 is 2.18 bits per heavy atom. The van der Waals surface area contributed by atoms with Crippen LogP contribution >= 0.6 is 23.2 Å². The van der Waals surface area contributed by atoms with Gasteiger partial charge in [-0.25, -0.2) is 0 Å². The van der Waals surface area contributed by atoms with Gasteiger partial charge in [0, 0.05) is 11.9 Å². The summed E-state index contributed by atoms with van der Waals surface area (Å²) >= 11 is 12.0. The van der Waals surface area contributed by atoms with Gasteiger partial charge in [0.1, 0.15) is 0 Å². The highest BCUT2D eigenvalue weighted by Crippen LogP contribution is 2.17. The van der Waals surface area contributed by atoms with Crippen LogP contribution in [0.2, 0.25) is 5.02 Å². The highest BCUT2D eigenvalue weighted by atomic mass is 35.5. The van der Waals surface area contributed by atoms with Crippen LogP contribution in [0.4, 0.5) is 0 Å². The van der Waals surface area contributed by atoms with Crippen LogP contribution in [-0.4, -0.2) is 17.8 Å². The van der Waals surface area contributed by atoms with Crippen LogP contribution in [0, 0.1) is 6.92 Å². The van der Waals surface area contributed by atoms with Crippen LogP contribution in [0.5, 0.6) is 0 Å². The summed E-state index contributed by atoms with van der Waals surface area (Å²) in [6.07, 6.45) is 1.68. The van der Waals surface area contributed by atoms with E-state index in [0.717, 1.165) is 18.4 Å². The molecule has 0 radical (unpaired) electrons. The van der Waals surface area contributed by atoms with Gasteiger partial charge in [-0.3, -0.25) is 4.79 Å². The van der Waals surface area contributed by atoms with Gasteiger partial charge in [0.2, 0.25) is 0 Å². The maximum atomic E-state index is 11.8. The predicted molar refractivity (Wildman–Crippen MR) is 73.1 cm³/mol. The topological polar surface area (TPSA) is 29.1 Å². The lowest BCUT2D eigenvalue weighted by Gasteiger charge is -2.09. The fourth-order valence-corrected chi connectivity index (χ4v) is 1.88. The van der Waals surface area contributed by atoms with Crippen LogP contribution in [0.15, 0.2) is 18.2 Å². The Balaban J connectivity index is 2.52. The summed E-state index contributed by atoms with van der Waals surface area (Å²) in [5, 5.41) is 3.42. The summed E-state index contributed by atoms with van der Waals surface area (Å²) in [4.78, 5) is 11.8. The van der Waals surface area contributed by atoms with Crippen molar-refractivity contribution in [3.8, 4) is 0 Å². The zero-order chi connectivity index (χ0) is 12.8. The number of hydrogen-bond acceptors (Lipinski definition) is 1. The number of nitrogens with one attached hydrogen (secondary N) is 1. The van der Waals surface area contributed by atoms with Gasteiger partial charge in [0.15, 0.2) is 0 Å². The van der Waals surface area contributed by atoms with Crippen LogP contribution in [0.25, 0.3) is 0 Å². The van der Waals surface area contributed by atoms with Crippen molar-refractivity contribution in [3.05, 3.63) is 34.3 Å². The normalized spacial score (nSPS) is 12.2. The molecule has 2 nitrogen and oxygen atoms in total. The molecule has 1 aromatic carbocycles. The van der Waals surface area contributed by atoms with Crippen molar-refractivity contribution in [2.45, 2.75) is 32.1 Å². The molecule has 0 aliphatic heterocycles. The van der Waals surface area contributed by atoms with Gasteiger partial charge in [-0.1, -0.05) is 24.6 Å². The second-order valence-electron chi connectivity index (χ2n) is 4.03. The number of halogens is 2. The molecular formula is C13H17Cl2NO. The molecule has 1 amide bonds. The van der Waals surface area contributed by atoms with Crippen molar-refractivity contribution >= 4 is 29.1 Å². The monoisotopic (exact) mass is 273 g/mol. The first kappa shape index (κ1) is 14.3. The van der Waals surface area contributed by atoms with Gasteiger partial charge in [-0.05, 0) is 37.5 Å². The van der Waals surface area contributed by atoms with E-state index in [0.29, 0.717) is 17.1 Å². The molecule has 0 aliphatic carbocycles. The lowest BCUT2D eigenvalue weighted by Crippen LogP contribution is -2.26. The molecule has 0 aromatic heterocycles. The number of carbonyl (C=O) groups is 1. The molecule has 94 valence electrons. The number of carbonyl (C=O) groups excluding carboxylic acids is 1. The Morgan fingerprint density at radius 1 is 1.47 bits per heavy atom. The minimum atomic E-state index is -0.144. The van der Waals surface area contributed by atoms with Crippen molar-refractivity contribution in [2.24, 2.45) is 0 Å². The van der Waals surface area contributed by atoms with E-state index in [9.17, 15) is 4.79 Å². The second-order valence-corrected chi connectivity index (χ2v) is 5.06. The van der Waals surface area contributed by atoms with E-state index in [1.807, 2.05) is 19.9 Å². The minimum Gasteiger partial charge on any atom is -0.352 e. The van der Waals surface area contributed by atoms with Crippen molar-refractivity contribution < 1.29 is 4.79 Å². The Kier molecular flexibility index (Phi) is 5.79. The smallest absolute Gasteiger partial charge is 0.252 e. The van der Waals surface area contributed by atoms with Gasteiger partial charge in [-0.2, -0.15) is 0 Å². The summed E-state index contributed by atoms with van der Waals surface area (Å²) in [7, 11) is 0. The van der Waals surface area contributed by atoms with Crippen LogP contribution in [0.1, 0.15) is 35.7 Å². The van der Waals surface area contributed by atoms with E-state index in [1.54, 1.807) is 12.1 Å². The van der Waals surface area contributed by atoms with E-state index >= 15 is 0 Å². The molecule has 1 N–H and O–H groups in total. The molecule has 1 rings (SSSR count). The first-order chi connectivity index (χ1) is 8.04. The largest absolute Gasteiger partial charge is 0.352 e. The molecule has 0 aliphatic rings. The standard InChI is InChI=1S/C13H17Cl2NO/c1-3-10(14)6-7-16-13(17)11-5-4-9(2)8-12(11)15/h4-5,8,10H,3,6-7H2,1-2H3,(H,16,17). The molecule has 1 unspecified atom stereocenters. The molecule has 0 saturated carbocycles. The Hall–Kier alpha value is -0.730. The summed E-state index contributed by atoms with van der Waals surface area (Å²) in [6.45, 7) is 4.54. The minimum absolute atomic E-state index is 0.115. The molecule has 4 heteroatoms. The third-order valence-corrected chi connectivity index (χ3v) is 3.39. The number of rotatable bonds is 5.